The van der Waals surface area contributed by atoms with E-state index in [9.17, 15) is 9.59 Å². The fourth-order valence-electron chi connectivity index (χ4n) is 0.984. The third-order valence-corrected chi connectivity index (χ3v) is 1.95. The first kappa shape index (κ1) is 12.9. The normalized spacial score (nSPS) is 12.1. The number of carbonyl (C=O) groups is 2. The van der Waals surface area contributed by atoms with Crippen molar-refractivity contribution in [1.29, 1.82) is 0 Å². The molecule has 0 spiro atoms. The first-order valence-corrected chi connectivity index (χ1v) is 4.89. The predicted molar refractivity (Wildman–Crippen MR) is 54.3 cm³/mol. The van der Waals surface area contributed by atoms with Gasteiger partial charge in [0.05, 0.1) is 6.04 Å². The van der Waals surface area contributed by atoms with Gasteiger partial charge in [0.1, 0.15) is 0 Å². The Bertz CT molecular complexity index is 194. The van der Waals surface area contributed by atoms with Crippen LogP contribution in [0.2, 0.25) is 0 Å². The second-order valence-corrected chi connectivity index (χ2v) is 3.21. The molecule has 0 aromatic heterocycles. The summed E-state index contributed by atoms with van der Waals surface area (Å²) < 4.78 is 0. The maximum Gasteiger partial charge on any atom is 0.234 e. The van der Waals surface area contributed by atoms with Crippen LogP contribution in [-0.2, 0) is 9.59 Å². The van der Waals surface area contributed by atoms with E-state index in [0.29, 0.717) is 19.4 Å². The number of rotatable bonds is 7. The lowest BCUT2D eigenvalue weighted by molar-refractivity contribution is -0.121. The molecule has 0 fully saturated rings. The molecule has 0 saturated heterocycles. The third kappa shape index (κ3) is 6.42. The maximum absolute atomic E-state index is 10.8. The Morgan fingerprint density at radius 1 is 1.36 bits per heavy atom. The van der Waals surface area contributed by atoms with Crippen molar-refractivity contribution in [3.8, 4) is 0 Å². The summed E-state index contributed by atoms with van der Waals surface area (Å²) in [7, 11) is 0. The van der Waals surface area contributed by atoms with Gasteiger partial charge in [-0.05, 0) is 19.3 Å². The van der Waals surface area contributed by atoms with Crippen LogP contribution in [0.4, 0.5) is 0 Å². The Morgan fingerprint density at radius 3 is 2.50 bits per heavy atom. The molecule has 2 amide bonds. The summed E-state index contributed by atoms with van der Waals surface area (Å²) in [5.74, 6) is -0.424. The lowest BCUT2D eigenvalue weighted by Gasteiger charge is -2.07. The number of hydrogen-bond donors (Lipinski definition) is 3. The SMILES string of the molecule is CCC(=O)NCCCCC(N)C(N)=O. The summed E-state index contributed by atoms with van der Waals surface area (Å²) in [5, 5.41) is 2.74. The minimum atomic E-state index is -0.558. The van der Waals surface area contributed by atoms with Crippen LogP contribution in [0, 0.1) is 0 Å². The van der Waals surface area contributed by atoms with E-state index < -0.39 is 11.9 Å². The fraction of sp³-hybridized carbons (Fsp3) is 0.778. The molecule has 0 heterocycles. The van der Waals surface area contributed by atoms with E-state index in [-0.39, 0.29) is 5.91 Å². The molecule has 0 aliphatic heterocycles. The highest BCUT2D eigenvalue weighted by atomic mass is 16.2. The van der Waals surface area contributed by atoms with Gasteiger partial charge in [-0.3, -0.25) is 9.59 Å². The number of nitrogens with one attached hydrogen (secondary N) is 1. The molecule has 1 unspecified atom stereocenters. The monoisotopic (exact) mass is 201 g/mol. The Labute approximate surface area is 84.2 Å². The van der Waals surface area contributed by atoms with Gasteiger partial charge in [0.2, 0.25) is 11.8 Å². The highest BCUT2D eigenvalue weighted by Gasteiger charge is 2.07. The second kappa shape index (κ2) is 7.32. The van der Waals surface area contributed by atoms with Gasteiger partial charge in [-0.25, -0.2) is 0 Å². The number of carbonyl (C=O) groups excluding carboxylic acids is 2. The average molecular weight is 201 g/mol. The fourth-order valence-corrected chi connectivity index (χ4v) is 0.984. The van der Waals surface area contributed by atoms with Gasteiger partial charge >= 0.3 is 0 Å². The van der Waals surface area contributed by atoms with E-state index in [2.05, 4.69) is 5.32 Å². The van der Waals surface area contributed by atoms with Crippen LogP contribution < -0.4 is 16.8 Å². The molecule has 0 aromatic rings. The Kier molecular flexibility index (Phi) is 6.74. The number of amides is 2. The van der Waals surface area contributed by atoms with Crippen molar-refractivity contribution < 1.29 is 9.59 Å². The van der Waals surface area contributed by atoms with Crippen molar-refractivity contribution in [2.45, 2.75) is 38.6 Å². The predicted octanol–water partition coefficient (Wildman–Crippen LogP) is -0.504. The van der Waals surface area contributed by atoms with E-state index in [4.69, 9.17) is 11.5 Å². The van der Waals surface area contributed by atoms with Crippen molar-refractivity contribution >= 4 is 11.8 Å². The van der Waals surface area contributed by atoms with Crippen molar-refractivity contribution in [1.82, 2.24) is 5.32 Å². The molecular weight excluding hydrogens is 182 g/mol. The van der Waals surface area contributed by atoms with E-state index in [1.807, 2.05) is 0 Å². The molecule has 5 N–H and O–H groups in total. The van der Waals surface area contributed by atoms with Crippen LogP contribution in [0.15, 0.2) is 0 Å². The Hall–Kier alpha value is -1.10. The lowest BCUT2D eigenvalue weighted by Crippen LogP contribution is -2.36. The standard InChI is InChI=1S/C9H19N3O2/c1-2-8(13)12-6-4-3-5-7(10)9(11)14/h7H,2-6,10H2,1H3,(H2,11,14)(H,12,13). The summed E-state index contributed by atoms with van der Waals surface area (Å²) in [6.07, 6.45) is 2.71. The van der Waals surface area contributed by atoms with E-state index >= 15 is 0 Å². The van der Waals surface area contributed by atoms with Gasteiger partial charge in [0.25, 0.3) is 0 Å². The van der Waals surface area contributed by atoms with Crippen molar-refractivity contribution in [2.24, 2.45) is 11.5 Å². The molecule has 0 aliphatic rings. The molecule has 0 radical (unpaired) electrons. The molecule has 0 bridgehead atoms. The number of unbranched alkanes of at least 4 members (excludes halogenated alkanes) is 1. The van der Waals surface area contributed by atoms with Gasteiger partial charge in [0, 0.05) is 13.0 Å². The molecule has 0 rings (SSSR count). The Morgan fingerprint density at radius 2 is 2.00 bits per heavy atom. The smallest absolute Gasteiger partial charge is 0.234 e. The highest BCUT2D eigenvalue weighted by Crippen LogP contribution is 1.97. The van der Waals surface area contributed by atoms with Gasteiger partial charge in [-0.1, -0.05) is 6.92 Å². The molecule has 14 heavy (non-hydrogen) atoms. The van der Waals surface area contributed by atoms with Crippen molar-refractivity contribution in [2.75, 3.05) is 6.54 Å². The average Bonchev–Trinajstić information content (AvgIpc) is 2.16. The third-order valence-electron chi connectivity index (χ3n) is 1.95. The first-order valence-electron chi connectivity index (χ1n) is 4.89. The summed E-state index contributed by atoms with van der Waals surface area (Å²) >= 11 is 0. The van der Waals surface area contributed by atoms with Crippen LogP contribution in [0.1, 0.15) is 32.6 Å². The zero-order valence-corrected chi connectivity index (χ0v) is 8.58. The van der Waals surface area contributed by atoms with Gasteiger partial charge in [0.15, 0.2) is 0 Å². The van der Waals surface area contributed by atoms with Gasteiger partial charge in [-0.15, -0.1) is 0 Å². The zero-order chi connectivity index (χ0) is 11.0. The minimum Gasteiger partial charge on any atom is -0.368 e. The van der Waals surface area contributed by atoms with Crippen LogP contribution in [0.25, 0.3) is 0 Å². The van der Waals surface area contributed by atoms with Crippen LogP contribution in [0.3, 0.4) is 0 Å². The quantitative estimate of drug-likeness (QED) is 0.484. The molecule has 0 aromatic carbocycles. The van der Waals surface area contributed by atoms with E-state index in [1.54, 1.807) is 6.92 Å². The van der Waals surface area contributed by atoms with Crippen LogP contribution in [0.5, 0.6) is 0 Å². The van der Waals surface area contributed by atoms with Gasteiger partial charge in [-0.2, -0.15) is 0 Å². The lowest BCUT2D eigenvalue weighted by atomic mass is 10.1. The number of hydrogen-bond acceptors (Lipinski definition) is 3. The van der Waals surface area contributed by atoms with Crippen LogP contribution >= 0.6 is 0 Å². The zero-order valence-electron chi connectivity index (χ0n) is 8.58. The van der Waals surface area contributed by atoms with Crippen molar-refractivity contribution in [3.63, 3.8) is 0 Å². The largest absolute Gasteiger partial charge is 0.368 e. The highest BCUT2D eigenvalue weighted by molar-refractivity contribution is 5.79. The summed E-state index contributed by atoms with van der Waals surface area (Å²) in [4.78, 5) is 21.4. The second-order valence-electron chi connectivity index (χ2n) is 3.21. The summed E-state index contributed by atoms with van der Waals surface area (Å²) in [6.45, 7) is 2.44. The molecular formula is C9H19N3O2. The Balaban J connectivity index is 3.30. The first-order chi connectivity index (χ1) is 6.57. The molecule has 5 heteroatoms. The molecule has 0 saturated carbocycles. The van der Waals surface area contributed by atoms with Gasteiger partial charge < -0.3 is 16.8 Å². The topological polar surface area (TPSA) is 98.2 Å². The molecule has 5 nitrogen and oxygen atoms in total. The molecule has 1 atom stereocenters. The van der Waals surface area contributed by atoms with E-state index in [0.717, 1.165) is 12.8 Å². The molecule has 0 aliphatic carbocycles. The molecule has 82 valence electrons. The summed E-state index contributed by atoms with van der Waals surface area (Å²) in [6, 6.07) is -0.558. The minimum absolute atomic E-state index is 0.0456. The number of primary amides is 1. The summed E-state index contributed by atoms with van der Waals surface area (Å²) in [5.41, 5.74) is 10.4. The number of nitrogens with two attached hydrogens (primary N) is 2. The van der Waals surface area contributed by atoms with Crippen molar-refractivity contribution in [3.05, 3.63) is 0 Å². The van der Waals surface area contributed by atoms with Crippen LogP contribution in [-0.4, -0.2) is 24.4 Å². The maximum atomic E-state index is 10.8. The van der Waals surface area contributed by atoms with E-state index in [1.165, 1.54) is 0 Å².